The predicted octanol–water partition coefficient (Wildman–Crippen LogP) is 1.60. The van der Waals surface area contributed by atoms with E-state index < -0.39 is 0 Å². The molecule has 19 heavy (non-hydrogen) atoms. The summed E-state index contributed by atoms with van der Waals surface area (Å²) in [5.41, 5.74) is 2.18. The van der Waals surface area contributed by atoms with Gasteiger partial charge in [0.05, 0.1) is 12.7 Å². The molecular weight excluding hydrogens is 243 g/mol. The van der Waals surface area contributed by atoms with E-state index in [-0.39, 0.29) is 18.0 Å². The maximum Gasteiger partial charge on any atom is 0.123 e. The zero-order valence-corrected chi connectivity index (χ0v) is 11.9. The van der Waals surface area contributed by atoms with Crippen LogP contribution in [0.4, 0.5) is 4.39 Å². The second kappa shape index (κ2) is 6.46. The summed E-state index contributed by atoms with van der Waals surface area (Å²) in [6.07, 6.45) is 0.949. The number of nitrogens with zero attached hydrogens (tertiary/aromatic N) is 1. The molecule has 2 atom stereocenters. The number of nitrogens with one attached hydrogen (secondary N) is 1. The molecule has 1 saturated heterocycles. The molecule has 1 heterocycles. The van der Waals surface area contributed by atoms with Gasteiger partial charge in [-0.3, -0.25) is 0 Å². The van der Waals surface area contributed by atoms with Gasteiger partial charge in [0.2, 0.25) is 0 Å². The highest BCUT2D eigenvalue weighted by Crippen LogP contribution is 2.16. The monoisotopic (exact) mass is 266 g/mol. The van der Waals surface area contributed by atoms with Crippen LogP contribution in [-0.4, -0.2) is 50.8 Å². The maximum absolute atomic E-state index is 13.3. The van der Waals surface area contributed by atoms with E-state index in [0.29, 0.717) is 0 Å². The first-order valence-corrected chi connectivity index (χ1v) is 6.82. The molecule has 2 rings (SSSR count). The maximum atomic E-state index is 13.3. The summed E-state index contributed by atoms with van der Waals surface area (Å²) in [5, 5.41) is 3.31. The third-order valence-electron chi connectivity index (χ3n) is 3.87. The molecule has 0 amide bonds. The summed E-state index contributed by atoms with van der Waals surface area (Å²) in [4.78, 5) is 2.27. The van der Waals surface area contributed by atoms with E-state index in [2.05, 4.69) is 17.3 Å². The molecule has 1 aromatic carbocycles. The number of benzene rings is 1. The lowest BCUT2D eigenvalue weighted by molar-refractivity contribution is -0.0372. The van der Waals surface area contributed by atoms with Crippen LogP contribution in [0.3, 0.4) is 0 Å². The third kappa shape index (κ3) is 3.75. The van der Waals surface area contributed by atoms with Crippen LogP contribution >= 0.6 is 0 Å². The summed E-state index contributed by atoms with van der Waals surface area (Å²) in [6.45, 7) is 4.68. The van der Waals surface area contributed by atoms with Crippen molar-refractivity contribution in [3.63, 3.8) is 0 Å². The number of ether oxygens (including phenoxy) is 1. The first-order valence-electron chi connectivity index (χ1n) is 6.82. The van der Waals surface area contributed by atoms with Crippen LogP contribution in [0.1, 0.15) is 11.1 Å². The zero-order chi connectivity index (χ0) is 13.8. The van der Waals surface area contributed by atoms with E-state index in [4.69, 9.17) is 4.74 Å². The summed E-state index contributed by atoms with van der Waals surface area (Å²) in [6, 6.07) is 5.19. The van der Waals surface area contributed by atoms with E-state index >= 15 is 0 Å². The lowest BCUT2D eigenvalue weighted by Crippen LogP contribution is -2.51. The second-order valence-corrected chi connectivity index (χ2v) is 5.34. The summed E-state index contributed by atoms with van der Waals surface area (Å²) in [5.74, 6) is -0.169. The van der Waals surface area contributed by atoms with Crippen molar-refractivity contribution in [3.8, 4) is 0 Å². The first-order chi connectivity index (χ1) is 9.10. The van der Waals surface area contributed by atoms with E-state index in [1.807, 2.05) is 20.0 Å². The van der Waals surface area contributed by atoms with Gasteiger partial charge in [-0.1, -0.05) is 6.07 Å². The molecule has 1 aliphatic rings. The lowest BCUT2D eigenvalue weighted by Gasteiger charge is -2.35. The van der Waals surface area contributed by atoms with Gasteiger partial charge in [0, 0.05) is 19.1 Å². The molecule has 2 unspecified atom stereocenters. The third-order valence-corrected chi connectivity index (χ3v) is 3.87. The van der Waals surface area contributed by atoms with Crippen molar-refractivity contribution in [2.45, 2.75) is 25.5 Å². The highest BCUT2D eigenvalue weighted by molar-refractivity contribution is 5.27. The fourth-order valence-corrected chi connectivity index (χ4v) is 2.57. The number of morpholine rings is 1. The molecule has 0 spiro atoms. The molecule has 1 aliphatic heterocycles. The van der Waals surface area contributed by atoms with Gasteiger partial charge >= 0.3 is 0 Å². The Morgan fingerprint density at radius 1 is 1.53 bits per heavy atom. The van der Waals surface area contributed by atoms with Crippen LogP contribution in [0, 0.1) is 12.7 Å². The molecule has 1 aromatic rings. The Labute approximate surface area is 114 Å². The Kier molecular flexibility index (Phi) is 4.91. The summed E-state index contributed by atoms with van der Waals surface area (Å²) < 4.78 is 19.2. The van der Waals surface area contributed by atoms with Crippen LogP contribution in [-0.2, 0) is 11.2 Å². The van der Waals surface area contributed by atoms with Gasteiger partial charge in [0.25, 0.3) is 0 Å². The van der Waals surface area contributed by atoms with E-state index in [0.717, 1.165) is 37.2 Å². The molecule has 0 aromatic heterocycles. The quantitative estimate of drug-likeness (QED) is 0.896. The minimum atomic E-state index is -0.169. The van der Waals surface area contributed by atoms with Crippen molar-refractivity contribution in [1.82, 2.24) is 10.2 Å². The lowest BCUT2D eigenvalue weighted by atomic mass is 9.97. The Morgan fingerprint density at radius 2 is 2.32 bits per heavy atom. The van der Waals surface area contributed by atoms with Gasteiger partial charge in [-0.15, -0.1) is 0 Å². The minimum absolute atomic E-state index is 0.159. The van der Waals surface area contributed by atoms with Crippen LogP contribution in [0.15, 0.2) is 18.2 Å². The second-order valence-electron chi connectivity index (χ2n) is 5.34. The van der Waals surface area contributed by atoms with Gasteiger partial charge < -0.3 is 15.0 Å². The molecule has 0 aliphatic carbocycles. The van der Waals surface area contributed by atoms with E-state index in [9.17, 15) is 4.39 Å². The Bertz CT molecular complexity index is 425. The standard InChI is InChI=1S/C15H23FN2O/c1-11-4-5-13(16)8-12(11)9-14(17-2)15-10-18(3)6-7-19-15/h4-5,8,14-15,17H,6-7,9-10H2,1-3H3. The van der Waals surface area contributed by atoms with Gasteiger partial charge in [-0.05, 0) is 50.7 Å². The molecule has 106 valence electrons. The van der Waals surface area contributed by atoms with Gasteiger partial charge in [0.1, 0.15) is 5.82 Å². The number of likely N-dealkylation sites (N-methyl/N-ethyl adjacent to an activating group) is 2. The normalized spacial score (nSPS) is 22.4. The molecule has 1 N–H and O–H groups in total. The minimum Gasteiger partial charge on any atom is -0.374 e. The van der Waals surface area contributed by atoms with Crippen LogP contribution in [0.25, 0.3) is 0 Å². The average molecular weight is 266 g/mol. The van der Waals surface area contributed by atoms with Crippen LogP contribution < -0.4 is 5.32 Å². The van der Waals surface area contributed by atoms with Crippen molar-refractivity contribution in [2.24, 2.45) is 0 Å². The number of halogens is 1. The number of hydrogen-bond acceptors (Lipinski definition) is 3. The van der Waals surface area contributed by atoms with E-state index in [1.165, 1.54) is 6.07 Å². The molecule has 0 radical (unpaired) electrons. The van der Waals surface area contributed by atoms with Crippen molar-refractivity contribution < 1.29 is 9.13 Å². The number of rotatable bonds is 4. The fourth-order valence-electron chi connectivity index (χ4n) is 2.57. The van der Waals surface area contributed by atoms with Crippen LogP contribution in [0.5, 0.6) is 0 Å². The van der Waals surface area contributed by atoms with Crippen molar-refractivity contribution in [2.75, 3.05) is 33.8 Å². The van der Waals surface area contributed by atoms with Crippen molar-refractivity contribution in [3.05, 3.63) is 35.1 Å². The smallest absolute Gasteiger partial charge is 0.123 e. The number of aryl methyl sites for hydroxylation is 1. The molecule has 0 saturated carbocycles. The Balaban J connectivity index is 2.07. The largest absolute Gasteiger partial charge is 0.374 e. The predicted molar refractivity (Wildman–Crippen MR) is 74.9 cm³/mol. The molecule has 0 bridgehead atoms. The average Bonchev–Trinajstić information content (AvgIpc) is 2.39. The summed E-state index contributed by atoms with van der Waals surface area (Å²) in [7, 11) is 4.05. The SMILES string of the molecule is CNC(Cc1cc(F)ccc1C)C1CN(C)CCO1. The number of hydrogen-bond donors (Lipinski definition) is 1. The Morgan fingerprint density at radius 3 is 3.00 bits per heavy atom. The Hall–Kier alpha value is -0.970. The van der Waals surface area contributed by atoms with Gasteiger partial charge in [0.15, 0.2) is 0 Å². The van der Waals surface area contributed by atoms with Crippen molar-refractivity contribution in [1.29, 1.82) is 0 Å². The molecule has 1 fully saturated rings. The topological polar surface area (TPSA) is 24.5 Å². The highest BCUT2D eigenvalue weighted by atomic mass is 19.1. The van der Waals surface area contributed by atoms with Gasteiger partial charge in [-0.2, -0.15) is 0 Å². The molecule has 4 heteroatoms. The fraction of sp³-hybridized carbons (Fsp3) is 0.600. The molecule has 3 nitrogen and oxygen atoms in total. The zero-order valence-electron chi connectivity index (χ0n) is 11.9. The summed E-state index contributed by atoms with van der Waals surface area (Å²) >= 11 is 0. The van der Waals surface area contributed by atoms with E-state index in [1.54, 1.807) is 6.07 Å². The van der Waals surface area contributed by atoms with Crippen LogP contribution in [0.2, 0.25) is 0 Å². The first kappa shape index (κ1) is 14.4. The van der Waals surface area contributed by atoms with Gasteiger partial charge in [-0.25, -0.2) is 4.39 Å². The highest BCUT2D eigenvalue weighted by Gasteiger charge is 2.26. The molecular formula is C15H23FN2O. The van der Waals surface area contributed by atoms with Crippen molar-refractivity contribution >= 4 is 0 Å².